The van der Waals surface area contributed by atoms with Crippen molar-refractivity contribution >= 4 is 5.97 Å². The summed E-state index contributed by atoms with van der Waals surface area (Å²) in [5.41, 5.74) is 0.921. The monoisotopic (exact) mass is 196 g/mol. The Morgan fingerprint density at radius 2 is 2.00 bits per heavy atom. The molecule has 0 fully saturated rings. The van der Waals surface area contributed by atoms with Crippen molar-refractivity contribution in [2.75, 3.05) is 6.61 Å². The molecule has 1 rings (SSSR count). The summed E-state index contributed by atoms with van der Waals surface area (Å²) < 4.78 is 4.75. The van der Waals surface area contributed by atoms with Crippen molar-refractivity contribution in [3.05, 3.63) is 17.1 Å². The molecular weight excluding hydrogens is 184 g/mol. The van der Waals surface area contributed by atoms with Gasteiger partial charge in [0.15, 0.2) is 5.69 Å². The summed E-state index contributed by atoms with van der Waals surface area (Å²) in [7, 11) is 0. The van der Waals surface area contributed by atoms with Crippen molar-refractivity contribution in [1.29, 1.82) is 0 Å². The Morgan fingerprint density at radius 1 is 1.36 bits per heavy atom. The molecule has 5 nitrogen and oxygen atoms in total. The van der Waals surface area contributed by atoms with Crippen molar-refractivity contribution in [2.45, 2.75) is 20.8 Å². The van der Waals surface area contributed by atoms with E-state index >= 15 is 0 Å². The third-order valence-electron chi connectivity index (χ3n) is 1.69. The number of aryl methyl sites for hydroxylation is 2. The molecule has 5 heteroatoms. The van der Waals surface area contributed by atoms with Gasteiger partial charge in [-0.15, -0.1) is 0 Å². The molecule has 0 radical (unpaired) electrons. The van der Waals surface area contributed by atoms with Crippen molar-refractivity contribution in [2.24, 2.45) is 0 Å². The van der Waals surface area contributed by atoms with Gasteiger partial charge in [0, 0.05) is 0 Å². The van der Waals surface area contributed by atoms with Crippen LogP contribution in [-0.2, 0) is 4.74 Å². The summed E-state index contributed by atoms with van der Waals surface area (Å²) in [6.45, 7) is 5.24. The lowest BCUT2D eigenvalue weighted by Crippen LogP contribution is -2.11. The molecule has 1 heterocycles. The average molecular weight is 196 g/mol. The highest BCUT2D eigenvalue weighted by atomic mass is 16.5. The Bertz CT molecular complexity index is 363. The first kappa shape index (κ1) is 10.4. The number of nitrogens with zero attached hydrogens (tertiary/aromatic N) is 2. The highest BCUT2D eigenvalue weighted by molar-refractivity contribution is 5.88. The molecule has 76 valence electrons. The zero-order valence-electron chi connectivity index (χ0n) is 8.37. The molecule has 0 amide bonds. The Balaban J connectivity index is 3.09. The van der Waals surface area contributed by atoms with Crippen LogP contribution >= 0.6 is 0 Å². The quantitative estimate of drug-likeness (QED) is 0.713. The van der Waals surface area contributed by atoms with Crippen LogP contribution in [0.3, 0.4) is 0 Å². The SMILES string of the molecule is CCOC(=O)c1nc(O)c(C)nc1C. The third kappa shape index (κ3) is 1.99. The number of carbonyl (C=O) groups is 1. The van der Waals surface area contributed by atoms with Crippen LogP contribution in [0.1, 0.15) is 28.8 Å². The van der Waals surface area contributed by atoms with Gasteiger partial charge in [0.05, 0.1) is 18.0 Å². The summed E-state index contributed by atoms with van der Waals surface area (Å²) in [5, 5.41) is 9.26. The maximum Gasteiger partial charge on any atom is 0.358 e. The van der Waals surface area contributed by atoms with Crippen LogP contribution in [0.15, 0.2) is 0 Å². The Kier molecular flexibility index (Phi) is 3.01. The summed E-state index contributed by atoms with van der Waals surface area (Å²) in [4.78, 5) is 19.0. The van der Waals surface area contributed by atoms with E-state index in [1.807, 2.05) is 0 Å². The van der Waals surface area contributed by atoms with E-state index in [1.165, 1.54) is 0 Å². The number of hydrogen-bond donors (Lipinski definition) is 1. The van der Waals surface area contributed by atoms with Gasteiger partial charge in [0.2, 0.25) is 5.88 Å². The third-order valence-corrected chi connectivity index (χ3v) is 1.69. The van der Waals surface area contributed by atoms with E-state index in [9.17, 15) is 9.90 Å². The van der Waals surface area contributed by atoms with Crippen molar-refractivity contribution in [3.63, 3.8) is 0 Å². The first-order valence-electron chi connectivity index (χ1n) is 4.27. The van der Waals surface area contributed by atoms with Gasteiger partial charge in [-0.05, 0) is 20.8 Å². The van der Waals surface area contributed by atoms with Crippen LogP contribution in [0.25, 0.3) is 0 Å². The number of ether oxygens (including phenoxy) is 1. The second-order valence-electron chi connectivity index (χ2n) is 2.79. The van der Waals surface area contributed by atoms with Crippen LogP contribution in [0, 0.1) is 13.8 Å². The van der Waals surface area contributed by atoms with Crippen molar-refractivity contribution < 1.29 is 14.6 Å². The van der Waals surface area contributed by atoms with Crippen LogP contribution in [0.5, 0.6) is 5.88 Å². The molecular formula is C9H12N2O3. The van der Waals surface area contributed by atoms with Crippen LogP contribution < -0.4 is 0 Å². The minimum atomic E-state index is -0.562. The number of carbonyl (C=O) groups excluding carboxylic acids is 1. The number of hydrogen-bond acceptors (Lipinski definition) is 5. The zero-order valence-corrected chi connectivity index (χ0v) is 8.37. The van der Waals surface area contributed by atoms with E-state index in [1.54, 1.807) is 20.8 Å². The minimum absolute atomic E-state index is 0.0648. The summed E-state index contributed by atoms with van der Waals surface area (Å²) in [6.07, 6.45) is 0. The summed E-state index contributed by atoms with van der Waals surface area (Å²) >= 11 is 0. The Hall–Kier alpha value is -1.65. The molecule has 0 saturated heterocycles. The summed E-state index contributed by atoms with van der Waals surface area (Å²) in [5.74, 6) is -0.800. The Labute approximate surface area is 81.8 Å². The van der Waals surface area contributed by atoms with Gasteiger partial charge >= 0.3 is 5.97 Å². The number of aromatic hydroxyl groups is 1. The van der Waals surface area contributed by atoms with Gasteiger partial charge < -0.3 is 9.84 Å². The first-order valence-corrected chi connectivity index (χ1v) is 4.27. The highest BCUT2D eigenvalue weighted by Gasteiger charge is 2.15. The van der Waals surface area contributed by atoms with Gasteiger partial charge in [-0.2, -0.15) is 0 Å². The van der Waals surface area contributed by atoms with Gasteiger partial charge in [-0.25, -0.2) is 9.78 Å². The van der Waals surface area contributed by atoms with Crippen LogP contribution in [-0.4, -0.2) is 27.7 Å². The standard InChI is InChI=1S/C9H12N2O3/c1-4-14-9(13)7-5(2)10-6(3)8(12)11-7/h4H2,1-3H3,(H,11,12). The van der Waals surface area contributed by atoms with Gasteiger partial charge in [-0.1, -0.05) is 0 Å². The lowest BCUT2D eigenvalue weighted by Gasteiger charge is -2.05. The highest BCUT2D eigenvalue weighted by Crippen LogP contribution is 2.13. The van der Waals surface area contributed by atoms with E-state index in [2.05, 4.69) is 9.97 Å². The smallest absolute Gasteiger partial charge is 0.358 e. The molecule has 0 aromatic carbocycles. The molecule has 0 unspecified atom stereocenters. The molecule has 1 aromatic rings. The zero-order chi connectivity index (χ0) is 10.7. The summed E-state index contributed by atoms with van der Waals surface area (Å²) in [6, 6.07) is 0. The van der Waals surface area contributed by atoms with Crippen LogP contribution in [0.2, 0.25) is 0 Å². The van der Waals surface area contributed by atoms with E-state index in [-0.39, 0.29) is 18.2 Å². The fraction of sp³-hybridized carbons (Fsp3) is 0.444. The first-order chi connectivity index (χ1) is 6.56. The molecule has 0 bridgehead atoms. The molecule has 0 aliphatic rings. The topological polar surface area (TPSA) is 72.3 Å². The number of rotatable bonds is 2. The maximum atomic E-state index is 11.3. The van der Waals surface area contributed by atoms with Crippen molar-refractivity contribution in [3.8, 4) is 5.88 Å². The molecule has 14 heavy (non-hydrogen) atoms. The molecule has 0 aliphatic heterocycles. The number of aromatic nitrogens is 2. The number of esters is 1. The molecule has 0 spiro atoms. The fourth-order valence-electron chi connectivity index (χ4n) is 1.02. The molecule has 1 N–H and O–H groups in total. The van der Waals surface area contributed by atoms with Gasteiger partial charge in [0.1, 0.15) is 0 Å². The molecule has 0 saturated carbocycles. The predicted molar refractivity (Wildman–Crippen MR) is 49.1 cm³/mol. The van der Waals surface area contributed by atoms with Gasteiger partial charge in [0.25, 0.3) is 0 Å². The predicted octanol–water partition coefficient (Wildman–Crippen LogP) is 0.976. The van der Waals surface area contributed by atoms with Crippen molar-refractivity contribution in [1.82, 2.24) is 9.97 Å². The Morgan fingerprint density at radius 3 is 2.57 bits per heavy atom. The van der Waals surface area contributed by atoms with Gasteiger partial charge in [-0.3, -0.25) is 4.98 Å². The normalized spacial score (nSPS) is 9.93. The second-order valence-corrected chi connectivity index (χ2v) is 2.79. The maximum absolute atomic E-state index is 11.3. The molecule has 0 atom stereocenters. The largest absolute Gasteiger partial charge is 0.492 e. The minimum Gasteiger partial charge on any atom is -0.492 e. The lowest BCUT2D eigenvalue weighted by molar-refractivity contribution is 0.0516. The lowest BCUT2D eigenvalue weighted by atomic mass is 10.3. The van der Waals surface area contributed by atoms with E-state index in [4.69, 9.17) is 4.74 Å². The van der Waals surface area contributed by atoms with Crippen LogP contribution in [0.4, 0.5) is 0 Å². The second kappa shape index (κ2) is 4.04. The fourth-order valence-corrected chi connectivity index (χ4v) is 1.02. The molecule has 0 aliphatic carbocycles. The molecule has 1 aromatic heterocycles. The van der Waals surface area contributed by atoms with E-state index in [0.29, 0.717) is 11.4 Å². The van der Waals surface area contributed by atoms with E-state index in [0.717, 1.165) is 0 Å². The average Bonchev–Trinajstić information content (AvgIpc) is 2.11. The van der Waals surface area contributed by atoms with E-state index < -0.39 is 5.97 Å².